The smallest absolute Gasteiger partial charge is 0.0109 e. The van der Waals surface area contributed by atoms with Gasteiger partial charge in [0.2, 0.25) is 0 Å². The fraction of sp³-hybridized carbons (Fsp3) is 1.00. The normalized spacial score (nSPS) is 20.0. The highest BCUT2D eigenvalue weighted by Crippen LogP contribution is 2.06. The molecule has 0 bridgehead atoms. The highest BCUT2D eigenvalue weighted by Gasteiger charge is 2.12. The molecular weight excluding hydrogens is 186 g/mol. The van der Waals surface area contributed by atoms with Crippen LogP contribution in [0.15, 0.2) is 0 Å². The molecule has 0 amide bonds. The summed E-state index contributed by atoms with van der Waals surface area (Å²) in [6.45, 7) is 9.74. The van der Waals surface area contributed by atoms with Gasteiger partial charge in [0.25, 0.3) is 0 Å². The van der Waals surface area contributed by atoms with Crippen molar-refractivity contribution in [2.24, 2.45) is 5.92 Å². The van der Waals surface area contributed by atoms with Crippen LogP contribution in [0.5, 0.6) is 0 Å². The molecule has 0 saturated carbocycles. The van der Waals surface area contributed by atoms with Crippen LogP contribution in [0, 0.1) is 5.92 Å². The predicted octanol–water partition coefficient (Wildman–Crippen LogP) is 0.870. The third-order valence-corrected chi connectivity index (χ3v) is 3.17. The van der Waals surface area contributed by atoms with E-state index in [0.717, 1.165) is 12.5 Å². The first-order valence-corrected chi connectivity index (χ1v) is 6.28. The molecule has 1 N–H and O–H groups in total. The Labute approximate surface area is 94.8 Å². The molecule has 0 aliphatic carbocycles. The van der Waals surface area contributed by atoms with Gasteiger partial charge in [-0.15, -0.1) is 0 Å². The van der Waals surface area contributed by atoms with Gasteiger partial charge in [-0.2, -0.15) is 0 Å². The van der Waals surface area contributed by atoms with Crippen molar-refractivity contribution in [1.82, 2.24) is 15.1 Å². The number of hydrogen-bond acceptors (Lipinski definition) is 3. The van der Waals surface area contributed by atoms with E-state index in [4.69, 9.17) is 0 Å². The van der Waals surface area contributed by atoms with Crippen LogP contribution in [0.4, 0.5) is 0 Å². The first-order valence-electron chi connectivity index (χ1n) is 6.28. The van der Waals surface area contributed by atoms with Crippen molar-refractivity contribution in [3.05, 3.63) is 0 Å². The van der Waals surface area contributed by atoms with E-state index < -0.39 is 0 Å². The molecule has 3 heteroatoms. The maximum Gasteiger partial charge on any atom is 0.0109 e. The number of hydrogen-bond donors (Lipinski definition) is 1. The zero-order chi connectivity index (χ0) is 11.1. The van der Waals surface area contributed by atoms with Gasteiger partial charge in [-0.25, -0.2) is 0 Å². The fourth-order valence-corrected chi connectivity index (χ4v) is 2.35. The molecule has 15 heavy (non-hydrogen) atoms. The van der Waals surface area contributed by atoms with Crippen molar-refractivity contribution >= 4 is 0 Å². The Hall–Kier alpha value is -0.120. The molecule has 0 aromatic carbocycles. The molecule has 0 radical (unpaired) electrons. The van der Waals surface area contributed by atoms with Gasteiger partial charge in [-0.3, -0.25) is 0 Å². The molecule has 1 rings (SSSR count). The Morgan fingerprint density at radius 2 is 2.00 bits per heavy atom. The van der Waals surface area contributed by atoms with Gasteiger partial charge in [-0.05, 0) is 52.5 Å². The molecule has 1 heterocycles. The van der Waals surface area contributed by atoms with Gasteiger partial charge >= 0.3 is 0 Å². The zero-order valence-electron chi connectivity index (χ0n) is 10.6. The van der Waals surface area contributed by atoms with Gasteiger partial charge in [0, 0.05) is 19.6 Å². The van der Waals surface area contributed by atoms with Gasteiger partial charge in [0.1, 0.15) is 0 Å². The molecule has 0 aromatic heterocycles. The maximum absolute atomic E-state index is 3.23. The molecule has 1 aliphatic heterocycles. The maximum atomic E-state index is 3.23. The lowest BCUT2D eigenvalue weighted by Crippen LogP contribution is -2.35. The number of nitrogens with one attached hydrogen (secondary N) is 1. The van der Waals surface area contributed by atoms with Crippen LogP contribution < -0.4 is 5.32 Å². The Kier molecular flexibility index (Phi) is 6.22. The summed E-state index contributed by atoms with van der Waals surface area (Å²) in [6, 6.07) is 0. The van der Waals surface area contributed by atoms with Crippen LogP contribution in [-0.2, 0) is 0 Å². The summed E-state index contributed by atoms with van der Waals surface area (Å²) in [5.41, 5.74) is 0. The predicted molar refractivity (Wildman–Crippen MR) is 66.3 cm³/mol. The van der Waals surface area contributed by atoms with E-state index >= 15 is 0 Å². The van der Waals surface area contributed by atoms with Crippen LogP contribution in [0.25, 0.3) is 0 Å². The standard InChI is InChI=1S/C12H27N3/c1-12(10-13-2)11-14(3)8-9-15-6-4-5-7-15/h12-13H,4-11H2,1-3H3. The quantitative estimate of drug-likeness (QED) is 0.677. The Bertz CT molecular complexity index is 155. The molecule has 1 unspecified atom stereocenters. The highest BCUT2D eigenvalue weighted by molar-refractivity contribution is 4.68. The lowest BCUT2D eigenvalue weighted by molar-refractivity contribution is 0.234. The molecule has 90 valence electrons. The molecular formula is C12H27N3. The lowest BCUT2D eigenvalue weighted by atomic mass is 10.1. The van der Waals surface area contributed by atoms with Crippen molar-refractivity contribution in [2.75, 3.05) is 53.4 Å². The van der Waals surface area contributed by atoms with Gasteiger partial charge in [-0.1, -0.05) is 6.92 Å². The van der Waals surface area contributed by atoms with E-state index in [2.05, 4.69) is 29.1 Å². The first-order chi connectivity index (χ1) is 7.22. The minimum atomic E-state index is 0.749. The zero-order valence-corrected chi connectivity index (χ0v) is 10.6. The third kappa shape index (κ3) is 5.50. The highest BCUT2D eigenvalue weighted by atomic mass is 15.2. The van der Waals surface area contributed by atoms with Crippen molar-refractivity contribution < 1.29 is 0 Å². The summed E-state index contributed by atoms with van der Waals surface area (Å²) >= 11 is 0. The summed E-state index contributed by atoms with van der Waals surface area (Å²) in [4.78, 5) is 5.04. The average Bonchev–Trinajstić information content (AvgIpc) is 2.67. The molecule has 0 aromatic rings. The van der Waals surface area contributed by atoms with E-state index in [-0.39, 0.29) is 0 Å². The summed E-state index contributed by atoms with van der Waals surface area (Å²) in [6.07, 6.45) is 2.81. The van der Waals surface area contributed by atoms with Crippen LogP contribution in [0.2, 0.25) is 0 Å². The molecule has 3 nitrogen and oxygen atoms in total. The van der Waals surface area contributed by atoms with Gasteiger partial charge in [0.15, 0.2) is 0 Å². The van der Waals surface area contributed by atoms with Crippen molar-refractivity contribution in [1.29, 1.82) is 0 Å². The lowest BCUT2D eigenvalue weighted by Gasteiger charge is -2.24. The molecule has 1 fully saturated rings. The monoisotopic (exact) mass is 213 g/mol. The van der Waals surface area contributed by atoms with E-state index in [1.807, 2.05) is 7.05 Å². The van der Waals surface area contributed by atoms with E-state index in [1.54, 1.807) is 0 Å². The SMILES string of the molecule is CNCC(C)CN(C)CCN1CCCC1. The topological polar surface area (TPSA) is 18.5 Å². The molecule has 0 spiro atoms. The molecule has 1 atom stereocenters. The van der Waals surface area contributed by atoms with Crippen molar-refractivity contribution in [2.45, 2.75) is 19.8 Å². The van der Waals surface area contributed by atoms with E-state index in [9.17, 15) is 0 Å². The Morgan fingerprint density at radius 3 is 2.60 bits per heavy atom. The Morgan fingerprint density at radius 1 is 1.33 bits per heavy atom. The summed E-state index contributed by atoms with van der Waals surface area (Å²) in [7, 11) is 4.27. The number of likely N-dealkylation sites (N-methyl/N-ethyl adjacent to an activating group) is 1. The van der Waals surface area contributed by atoms with Crippen molar-refractivity contribution in [3.8, 4) is 0 Å². The number of nitrogens with zero attached hydrogens (tertiary/aromatic N) is 2. The van der Waals surface area contributed by atoms with E-state index in [0.29, 0.717) is 0 Å². The molecule has 1 aliphatic rings. The van der Waals surface area contributed by atoms with E-state index in [1.165, 1.54) is 45.6 Å². The Balaban J connectivity index is 2.04. The largest absolute Gasteiger partial charge is 0.319 e. The second-order valence-electron chi connectivity index (χ2n) is 4.97. The number of rotatable bonds is 7. The van der Waals surface area contributed by atoms with Gasteiger partial charge in [0.05, 0.1) is 0 Å². The second kappa shape index (κ2) is 7.20. The third-order valence-electron chi connectivity index (χ3n) is 3.17. The minimum absolute atomic E-state index is 0.749. The molecule has 1 saturated heterocycles. The van der Waals surface area contributed by atoms with Crippen LogP contribution in [0.1, 0.15) is 19.8 Å². The fourth-order valence-electron chi connectivity index (χ4n) is 2.35. The average molecular weight is 213 g/mol. The first kappa shape index (κ1) is 12.9. The summed E-state index contributed by atoms with van der Waals surface area (Å²) in [5.74, 6) is 0.749. The van der Waals surface area contributed by atoms with Crippen LogP contribution in [-0.4, -0.2) is 63.2 Å². The van der Waals surface area contributed by atoms with Crippen molar-refractivity contribution in [3.63, 3.8) is 0 Å². The van der Waals surface area contributed by atoms with Crippen LogP contribution >= 0.6 is 0 Å². The second-order valence-corrected chi connectivity index (χ2v) is 4.97. The van der Waals surface area contributed by atoms with Crippen LogP contribution in [0.3, 0.4) is 0 Å². The summed E-state index contributed by atoms with van der Waals surface area (Å²) < 4.78 is 0. The minimum Gasteiger partial charge on any atom is -0.319 e. The number of likely N-dealkylation sites (tertiary alicyclic amines) is 1. The van der Waals surface area contributed by atoms with Gasteiger partial charge < -0.3 is 15.1 Å². The summed E-state index contributed by atoms with van der Waals surface area (Å²) in [5, 5.41) is 3.23.